The summed E-state index contributed by atoms with van der Waals surface area (Å²) in [5.41, 5.74) is 1.16. The van der Waals surface area contributed by atoms with Crippen LogP contribution in [0.5, 0.6) is 0 Å². The molecule has 0 spiro atoms. The van der Waals surface area contributed by atoms with Gasteiger partial charge in [-0.25, -0.2) is 4.79 Å². The molecule has 1 unspecified atom stereocenters. The molecule has 1 fully saturated rings. The molecule has 0 radical (unpaired) electrons. The van der Waals surface area contributed by atoms with E-state index in [9.17, 15) is 14.4 Å². The van der Waals surface area contributed by atoms with Crippen LogP contribution in [0.25, 0.3) is 0 Å². The number of hydrogen-bond acceptors (Lipinski definition) is 6. The van der Waals surface area contributed by atoms with Gasteiger partial charge in [0.05, 0.1) is 13.0 Å². The number of benzene rings is 1. The lowest BCUT2D eigenvalue weighted by Crippen LogP contribution is -2.50. The molecule has 1 aliphatic rings. The van der Waals surface area contributed by atoms with Gasteiger partial charge in [0, 0.05) is 17.5 Å². The van der Waals surface area contributed by atoms with Crippen LogP contribution in [-0.4, -0.2) is 54.4 Å². The van der Waals surface area contributed by atoms with Crippen LogP contribution in [0.1, 0.15) is 45.6 Å². The van der Waals surface area contributed by atoms with Crippen molar-refractivity contribution in [3.05, 3.63) is 35.9 Å². The smallest absolute Gasteiger partial charge is 0.338 e. The number of esters is 1. The molecule has 2 rings (SSSR count). The summed E-state index contributed by atoms with van der Waals surface area (Å²) in [6.45, 7) is 6.01. The van der Waals surface area contributed by atoms with Crippen molar-refractivity contribution < 1.29 is 23.9 Å². The first-order valence-corrected chi connectivity index (χ1v) is 11.6. The molecule has 7 nitrogen and oxygen atoms in total. The maximum absolute atomic E-state index is 12.7. The fraction of sp³-hybridized carbons (Fsp3) is 0.591. The number of epoxide rings is 1. The first-order chi connectivity index (χ1) is 14.4. The lowest BCUT2D eigenvalue weighted by Gasteiger charge is -2.21. The van der Waals surface area contributed by atoms with Crippen LogP contribution in [0.2, 0.25) is 0 Å². The number of nitrogens with one attached hydrogen (secondary N) is 2. The Labute approximate surface area is 182 Å². The predicted molar refractivity (Wildman–Crippen MR) is 117 cm³/mol. The molecule has 30 heavy (non-hydrogen) atoms. The minimum Gasteiger partial charge on any atom is -0.464 e. The van der Waals surface area contributed by atoms with E-state index in [0.29, 0.717) is 5.75 Å². The van der Waals surface area contributed by atoms with Crippen molar-refractivity contribution >= 4 is 29.5 Å². The molecule has 8 heteroatoms. The molecule has 0 bridgehead atoms. The molecule has 1 aliphatic heterocycles. The second-order valence-corrected chi connectivity index (χ2v) is 8.40. The molecule has 1 heterocycles. The maximum Gasteiger partial charge on any atom is 0.338 e. The second kappa shape index (κ2) is 12.6. The van der Waals surface area contributed by atoms with Gasteiger partial charge in [-0.1, -0.05) is 43.7 Å². The zero-order valence-corrected chi connectivity index (χ0v) is 18.7. The second-order valence-electron chi connectivity index (χ2n) is 7.37. The van der Waals surface area contributed by atoms with Crippen molar-refractivity contribution in [2.75, 3.05) is 12.4 Å². The highest BCUT2D eigenvalue weighted by Crippen LogP contribution is 2.26. The molecule has 2 N–H and O–H groups in total. The maximum atomic E-state index is 12.7. The zero-order chi connectivity index (χ0) is 21.9. The van der Waals surface area contributed by atoms with Gasteiger partial charge in [-0.3, -0.25) is 9.59 Å². The average Bonchev–Trinajstić information content (AvgIpc) is 3.47. The van der Waals surface area contributed by atoms with E-state index in [1.807, 2.05) is 37.3 Å². The third-order valence-corrected chi connectivity index (χ3v) is 5.75. The number of hydrogen-bond donors (Lipinski definition) is 2. The molecular weight excluding hydrogens is 404 g/mol. The lowest BCUT2D eigenvalue weighted by molar-refractivity contribution is -0.144. The molecule has 0 aromatic heterocycles. The van der Waals surface area contributed by atoms with Crippen molar-refractivity contribution in [2.24, 2.45) is 0 Å². The van der Waals surface area contributed by atoms with Crippen LogP contribution in [-0.2, 0) is 29.6 Å². The van der Waals surface area contributed by atoms with E-state index in [1.54, 1.807) is 18.7 Å². The van der Waals surface area contributed by atoms with Gasteiger partial charge in [-0.05, 0) is 25.8 Å². The summed E-state index contributed by atoms with van der Waals surface area (Å²) in [6, 6.07) is 9.37. The van der Waals surface area contributed by atoms with E-state index in [2.05, 4.69) is 17.6 Å². The van der Waals surface area contributed by atoms with Crippen LogP contribution in [0.4, 0.5) is 0 Å². The highest BCUT2D eigenvalue weighted by atomic mass is 32.2. The van der Waals surface area contributed by atoms with E-state index < -0.39 is 24.2 Å². The number of rotatable bonds is 13. The van der Waals surface area contributed by atoms with Crippen LogP contribution in [0.15, 0.2) is 30.3 Å². The van der Waals surface area contributed by atoms with E-state index in [-0.39, 0.29) is 30.9 Å². The van der Waals surface area contributed by atoms with Crippen LogP contribution in [0, 0.1) is 0 Å². The molecule has 2 amide bonds. The topological polar surface area (TPSA) is 97.0 Å². The molecular formula is C22H32N2O5S. The molecule has 4 atom stereocenters. The molecule has 1 saturated heterocycles. The monoisotopic (exact) mass is 436 g/mol. The minimum absolute atomic E-state index is 0.0289. The number of carbonyl (C=O) groups is 3. The Morgan fingerprint density at radius 3 is 2.57 bits per heavy atom. The zero-order valence-electron chi connectivity index (χ0n) is 17.9. The van der Waals surface area contributed by atoms with E-state index in [0.717, 1.165) is 24.2 Å². The van der Waals surface area contributed by atoms with Crippen LogP contribution in [0.3, 0.4) is 0 Å². The van der Waals surface area contributed by atoms with Crippen molar-refractivity contribution in [1.29, 1.82) is 0 Å². The minimum atomic E-state index is -0.681. The largest absolute Gasteiger partial charge is 0.464 e. The Morgan fingerprint density at radius 1 is 1.17 bits per heavy atom. The van der Waals surface area contributed by atoms with Gasteiger partial charge in [0.1, 0.15) is 12.1 Å². The summed E-state index contributed by atoms with van der Waals surface area (Å²) < 4.78 is 10.1. The SMILES string of the molecule is CCCC(C)NC(=O)[C@H](CSCc1ccccc1)NC(=O)C[C@H]1O[C@@H]1C(=O)OCC. The fourth-order valence-corrected chi connectivity index (χ4v) is 4.08. The van der Waals surface area contributed by atoms with Crippen molar-refractivity contribution in [1.82, 2.24) is 10.6 Å². The standard InChI is InChI=1S/C22H32N2O5S/c1-4-9-15(3)23-21(26)17(14-30-13-16-10-7-6-8-11-16)24-19(25)12-18-20(29-18)22(27)28-5-2/h6-8,10-11,15,17-18,20H,4-5,9,12-14H2,1-3H3,(H,23,26)(H,24,25)/t15?,17-,18+,20-/m0/s1. The van der Waals surface area contributed by atoms with E-state index >= 15 is 0 Å². The van der Waals surface area contributed by atoms with E-state index in [4.69, 9.17) is 9.47 Å². The summed E-state index contributed by atoms with van der Waals surface area (Å²) in [7, 11) is 0. The molecule has 0 aliphatic carbocycles. The lowest BCUT2D eigenvalue weighted by atomic mass is 10.1. The van der Waals surface area contributed by atoms with Crippen molar-refractivity contribution in [3.63, 3.8) is 0 Å². The third-order valence-electron chi connectivity index (χ3n) is 4.65. The van der Waals surface area contributed by atoms with Crippen LogP contribution >= 0.6 is 11.8 Å². The van der Waals surface area contributed by atoms with Gasteiger partial charge < -0.3 is 20.1 Å². The summed E-state index contributed by atoms with van der Waals surface area (Å²) >= 11 is 1.59. The fourth-order valence-electron chi connectivity index (χ4n) is 3.07. The molecule has 0 saturated carbocycles. The highest BCUT2D eigenvalue weighted by Gasteiger charge is 2.47. The van der Waals surface area contributed by atoms with Crippen LogP contribution < -0.4 is 10.6 Å². The summed E-state index contributed by atoms with van der Waals surface area (Å²) in [5.74, 6) is 0.259. The highest BCUT2D eigenvalue weighted by molar-refractivity contribution is 7.98. The van der Waals surface area contributed by atoms with Crippen molar-refractivity contribution in [2.45, 2.75) is 70.1 Å². The summed E-state index contributed by atoms with van der Waals surface area (Å²) in [6.07, 6.45) is 0.709. The Morgan fingerprint density at radius 2 is 1.90 bits per heavy atom. The van der Waals surface area contributed by atoms with Gasteiger partial charge in [-0.2, -0.15) is 11.8 Å². The van der Waals surface area contributed by atoms with Gasteiger partial charge in [0.15, 0.2) is 6.10 Å². The Balaban J connectivity index is 1.87. The first kappa shape index (κ1) is 24.2. The van der Waals surface area contributed by atoms with Gasteiger partial charge in [-0.15, -0.1) is 0 Å². The molecule has 1 aromatic carbocycles. The van der Waals surface area contributed by atoms with E-state index in [1.165, 1.54) is 0 Å². The normalized spacial score (nSPS) is 19.4. The van der Waals surface area contributed by atoms with Gasteiger partial charge in [0.25, 0.3) is 0 Å². The molecule has 1 aromatic rings. The summed E-state index contributed by atoms with van der Waals surface area (Å²) in [5, 5.41) is 5.78. The van der Waals surface area contributed by atoms with Gasteiger partial charge in [0.2, 0.25) is 11.8 Å². The predicted octanol–water partition coefficient (Wildman–Crippen LogP) is 2.43. The quantitative estimate of drug-likeness (QED) is 0.364. The Hall–Kier alpha value is -2.06. The first-order valence-electron chi connectivity index (χ1n) is 10.5. The molecule has 166 valence electrons. The van der Waals surface area contributed by atoms with Gasteiger partial charge >= 0.3 is 5.97 Å². The number of ether oxygens (including phenoxy) is 2. The number of carbonyl (C=O) groups excluding carboxylic acids is 3. The number of amides is 2. The summed E-state index contributed by atoms with van der Waals surface area (Å²) in [4.78, 5) is 36.8. The number of thioether (sulfide) groups is 1. The third kappa shape index (κ3) is 8.36. The van der Waals surface area contributed by atoms with Crippen molar-refractivity contribution in [3.8, 4) is 0 Å². The Kier molecular flexibility index (Phi) is 10.2. The average molecular weight is 437 g/mol. The Bertz CT molecular complexity index is 700.